The van der Waals surface area contributed by atoms with Crippen molar-refractivity contribution in [2.75, 3.05) is 31.1 Å². The van der Waals surface area contributed by atoms with E-state index in [9.17, 15) is 4.39 Å². The molecule has 2 fully saturated rings. The lowest BCUT2D eigenvalue weighted by atomic mass is 9.99. The van der Waals surface area contributed by atoms with Crippen molar-refractivity contribution in [3.8, 4) is 0 Å². The standard InChI is InChI=1S/C16H24FN3/c1-12(18)13-5-6-16(15(17)10-13)20-9-8-19-7-3-2-4-14(19)11-20/h5-6,10,12,14H,2-4,7-9,11,18H2,1H3/t12-,14?/m0/s1. The fourth-order valence-electron chi connectivity index (χ4n) is 3.44. The van der Waals surface area contributed by atoms with Crippen LogP contribution in [-0.4, -0.2) is 37.1 Å². The molecule has 0 spiro atoms. The molecule has 0 saturated carbocycles. The van der Waals surface area contributed by atoms with E-state index in [1.807, 2.05) is 19.1 Å². The number of piperazine rings is 1. The molecule has 1 aromatic carbocycles. The highest BCUT2D eigenvalue weighted by Gasteiger charge is 2.29. The second-order valence-electron chi connectivity index (χ2n) is 6.13. The summed E-state index contributed by atoms with van der Waals surface area (Å²) in [5, 5.41) is 0. The van der Waals surface area contributed by atoms with Crippen molar-refractivity contribution in [3.05, 3.63) is 29.6 Å². The molecule has 2 aliphatic rings. The molecule has 110 valence electrons. The number of halogens is 1. The Morgan fingerprint density at radius 1 is 1.25 bits per heavy atom. The zero-order chi connectivity index (χ0) is 14.1. The Bertz CT molecular complexity index is 475. The van der Waals surface area contributed by atoms with Gasteiger partial charge in [-0.2, -0.15) is 0 Å². The Morgan fingerprint density at radius 2 is 2.10 bits per heavy atom. The van der Waals surface area contributed by atoms with Crippen molar-refractivity contribution >= 4 is 5.69 Å². The SMILES string of the molecule is C[C@H](N)c1ccc(N2CCN3CCCCC3C2)c(F)c1. The van der Waals surface area contributed by atoms with Gasteiger partial charge in [-0.05, 0) is 44.0 Å². The van der Waals surface area contributed by atoms with Gasteiger partial charge in [0.2, 0.25) is 0 Å². The maximum Gasteiger partial charge on any atom is 0.146 e. The van der Waals surface area contributed by atoms with Crippen molar-refractivity contribution in [3.63, 3.8) is 0 Å². The Hall–Kier alpha value is -1.13. The number of nitrogens with two attached hydrogens (primary N) is 1. The van der Waals surface area contributed by atoms with Crippen LogP contribution in [0.2, 0.25) is 0 Å². The first-order valence-electron chi connectivity index (χ1n) is 7.69. The van der Waals surface area contributed by atoms with E-state index in [1.165, 1.54) is 25.8 Å². The predicted molar refractivity (Wildman–Crippen MR) is 80.4 cm³/mol. The third-order valence-corrected chi connectivity index (χ3v) is 4.68. The largest absolute Gasteiger partial charge is 0.366 e. The molecule has 0 aromatic heterocycles. The molecule has 2 N–H and O–H groups in total. The summed E-state index contributed by atoms with van der Waals surface area (Å²) in [6.07, 6.45) is 3.87. The van der Waals surface area contributed by atoms with Crippen LogP contribution in [0.25, 0.3) is 0 Å². The summed E-state index contributed by atoms with van der Waals surface area (Å²) in [6.45, 7) is 6.03. The second kappa shape index (κ2) is 5.70. The first kappa shape index (κ1) is 13.8. The van der Waals surface area contributed by atoms with Crippen LogP contribution in [0.5, 0.6) is 0 Å². The van der Waals surface area contributed by atoms with Gasteiger partial charge in [0.25, 0.3) is 0 Å². The van der Waals surface area contributed by atoms with Crippen molar-refractivity contribution in [2.24, 2.45) is 5.73 Å². The number of fused-ring (bicyclic) bond motifs is 1. The lowest BCUT2D eigenvalue weighted by molar-refractivity contribution is 0.133. The highest BCUT2D eigenvalue weighted by molar-refractivity contribution is 5.50. The summed E-state index contributed by atoms with van der Waals surface area (Å²) < 4.78 is 14.3. The second-order valence-corrected chi connectivity index (χ2v) is 6.13. The Labute approximate surface area is 120 Å². The smallest absolute Gasteiger partial charge is 0.146 e. The molecule has 0 radical (unpaired) electrons. The van der Waals surface area contributed by atoms with Crippen molar-refractivity contribution in [1.29, 1.82) is 0 Å². The first-order chi connectivity index (χ1) is 9.65. The number of benzene rings is 1. The summed E-state index contributed by atoms with van der Waals surface area (Å²) in [7, 11) is 0. The summed E-state index contributed by atoms with van der Waals surface area (Å²) in [5.41, 5.74) is 7.41. The lowest BCUT2D eigenvalue weighted by Crippen LogP contribution is -2.55. The number of piperidine rings is 1. The zero-order valence-corrected chi connectivity index (χ0v) is 12.2. The van der Waals surface area contributed by atoms with Crippen LogP contribution in [0, 0.1) is 5.82 Å². The zero-order valence-electron chi connectivity index (χ0n) is 12.2. The summed E-state index contributed by atoms with van der Waals surface area (Å²) in [5.74, 6) is -0.135. The van der Waals surface area contributed by atoms with E-state index in [4.69, 9.17) is 5.73 Å². The quantitative estimate of drug-likeness (QED) is 0.901. The minimum absolute atomic E-state index is 0.117. The van der Waals surface area contributed by atoms with E-state index < -0.39 is 0 Å². The van der Waals surface area contributed by atoms with Gasteiger partial charge in [0.05, 0.1) is 5.69 Å². The fraction of sp³-hybridized carbons (Fsp3) is 0.625. The van der Waals surface area contributed by atoms with Gasteiger partial charge in [-0.15, -0.1) is 0 Å². The first-order valence-corrected chi connectivity index (χ1v) is 7.69. The molecule has 2 atom stereocenters. The third-order valence-electron chi connectivity index (χ3n) is 4.68. The number of anilines is 1. The van der Waals surface area contributed by atoms with Crippen LogP contribution < -0.4 is 10.6 Å². The molecular weight excluding hydrogens is 253 g/mol. The minimum atomic E-state index is -0.135. The average molecular weight is 277 g/mol. The molecule has 3 rings (SSSR count). The molecule has 4 heteroatoms. The normalized spacial score (nSPS) is 25.4. The molecule has 2 heterocycles. The van der Waals surface area contributed by atoms with Crippen LogP contribution in [0.15, 0.2) is 18.2 Å². The van der Waals surface area contributed by atoms with Gasteiger partial charge in [0.15, 0.2) is 0 Å². The van der Waals surface area contributed by atoms with Crippen LogP contribution in [-0.2, 0) is 0 Å². The summed E-state index contributed by atoms with van der Waals surface area (Å²) in [6, 6.07) is 5.93. The molecule has 3 nitrogen and oxygen atoms in total. The van der Waals surface area contributed by atoms with E-state index in [0.717, 1.165) is 30.9 Å². The number of nitrogens with zero attached hydrogens (tertiary/aromatic N) is 2. The Kier molecular flexibility index (Phi) is 3.94. The van der Waals surface area contributed by atoms with E-state index in [0.29, 0.717) is 6.04 Å². The van der Waals surface area contributed by atoms with E-state index in [1.54, 1.807) is 6.07 Å². The molecule has 0 amide bonds. The molecule has 0 bridgehead atoms. The fourth-order valence-corrected chi connectivity index (χ4v) is 3.44. The van der Waals surface area contributed by atoms with Gasteiger partial charge < -0.3 is 10.6 Å². The number of rotatable bonds is 2. The van der Waals surface area contributed by atoms with E-state index >= 15 is 0 Å². The maximum atomic E-state index is 14.3. The number of hydrogen-bond donors (Lipinski definition) is 1. The van der Waals surface area contributed by atoms with Gasteiger partial charge in [0, 0.05) is 31.7 Å². The van der Waals surface area contributed by atoms with Gasteiger partial charge in [-0.25, -0.2) is 4.39 Å². The van der Waals surface area contributed by atoms with Crippen LogP contribution in [0.1, 0.15) is 37.8 Å². The highest BCUT2D eigenvalue weighted by Crippen LogP contribution is 2.28. The maximum absolute atomic E-state index is 14.3. The third kappa shape index (κ3) is 2.67. The van der Waals surface area contributed by atoms with Gasteiger partial charge in [-0.1, -0.05) is 12.5 Å². The van der Waals surface area contributed by atoms with Crippen molar-refractivity contribution < 1.29 is 4.39 Å². The van der Waals surface area contributed by atoms with Crippen molar-refractivity contribution in [2.45, 2.75) is 38.3 Å². The summed E-state index contributed by atoms with van der Waals surface area (Å²) >= 11 is 0. The Balaban J connectivity index is 1.76. The van der Waals surface area contributed by atoms with Gasteiger partial charge in [-0.3, -0.25) is 4.90 Å². The average Bonchev–Trinajstić information content (AvgIpc) is 2.46. The monoisotopic (exact) mass is 277 g/mol. The van der Waals surface area contributed by atoms with Crippen molar-refractivity contribution in [1.82, 2.24) is 4.90 Å². The topological polar surface area (TPSA) is 32.5 Å². The number of hydrogen-bond acceptors (Lipinski definition) is 3. The van der Waals surface area contributed by atoms with E-state index in [2.05, 4.69) is 9.80 Å². The molecule has 2 aliphatic heterocycles. The molecule has 20 heavy (non-hydrogen) atoms. The molecule has 0 aliphatic carbocycles. The summed E-state index contributed by atoms with van der Waals surface area (Å²) in [4.78, 5) is 4.76. The van der Waals surface area contributed by atoms with Crippen LogP contribution >= 0.6 is 0 Å². The predicted octanol–water partition coefficient (Wildman–Crippen LogP) is 2.52. The Morgan fingerprint density at radius 3 is 2.85 bits per heavy atom. The van der Waals surface area contributed by atoms with Crippen LogP contribution in [0.3, 0.4) is 0 Å². The van der Waals surface area contributed by atoms with Gasteiger partial charge in [0.1, 0.15) is 5.82 Å². The highest BCUT2D eigenvalue weighted by atomic mass is 19.1. The molecule has 2 saturated heterocycles. The van der Waals surface area contributed by atoms with E-state index in [-0.39, 0.29) is 11.9 Å². The molecule has 1 aromatic rings. The molecule has 1 unspecified atom stereocenters. The minimum Gasteiger partial charge on any atom is -0.366 e. The lowest BCUT2D eigenvalue weighted by Gasteiger charge is -2.45. The van der Waals surface area contributed by atoms with Crippen LogP contribution in [0.4, 0.5) is 10.1 Å². The van der Waals surface area contributed by atoms with Gasteiger partial charge >= 0.3 is 0 Å². The molecular formula is C16H24FN3.